The highest BCUT2D eigenvalue weighted by molar-refractivity contribution is 7.80. The average Bonchev–Trinajstić information content (AvgIpc) is 3.08. The number of fused-ring (bicyclic) bond motifs is 1. The Morgan fingerprint density at radius 3 is 1.94 bits per heavy atom. The van der Waals surface area contributed by atoms with Gasteiger partial charge in [-0.2, -0.15) is 0 Å². The molecule has 0 aromatic heterocycles. The van der Waals surface area contributed by atoms with E-state index in [2.05, 4.69) is 103 Å². The van der Waals surface area contributed by atoms with Crippen molar-refractivity contribution in [2.24, 2.45) is 11.5 Å². The summed E-state index contributed by atoms with van der Waals surface area (Å²) >= 11 is 0. The van der Waals surface area contributed by atoms with Gasteiger partial charge in [0.25, 0.3) is 0 Å². The molecule has 0 spiro atoms. The van der Waals surface area contributed by atoms with E-state index >= 15 is 0 Å². The minimum absolute atomic E-state index is 0.687. The van der Waals surface area contributed by atoms with Crippen LogP contribution in [0.5, 0.6) is 0 Å². The first kappa shape index (κ1) is 18.2. The molecule has 5 aromatic carbocycles. The maximum Gasteiger partial charge on any atom is 0.0634 e. The van der Waals surface area contributed by atoms with Crippen LogP contribution in [0.15, 0.2) is 103 Å². The fourth-order valence-corrected chi connectivity index (χ4v) is 7.33. The van der Waals surface area contributed by atoms with E-state index in [0.29, 0.717) is 11.4 Å². The van der Waals surface area contributed by atoms with Crippen molar-refractivity contribution in [1.82, 2.24) is 0 Å². The number of benzene rings is 5. The Morgan fingerprint density at radius 2 is 1.10 bits per heavy atom. The van der Waals surface area contributed by atoms with E-state index in [-0.39, 0.29) is 0 Å². The topological polar surface area (TPSA) is 52.0 Å². The molecule has 1 unspecified atom stereocenters. The molecule has 0 radical (unpaired) electrons. The van der Waals surface area contributed by atoms with Gasteiger partial charge in [-0.05, 0) is 40.0 Å². The molecule has 3 heteroatoms. The molecule has 148 valence electrons. The smallest absolute Gasteiger partial charge is 0.0634 e. The molecule has 1 aliphatic carbocycles. The molecule has 1 aliphatic rings. The van der Waals surface area contributed by atoms with Gasteiger partial charge in [0.15, 0.2) is 0 Å². The Balaban J connectivity index is 1.70. The first-order valence-corrected chi connectivity index (χ1v) is 11.7. The van der Waals surface area contributed by atoms with Crippen LogP contribution in [-0.2, 0) is 0 Å². The summed E-state index contributed by atoms with van der Waals surface area (Å²) in [6, 6.07) is 36.9. The number of hydrogen-bond acceptors (Lipinski definition) is 2. The summed E-state index contributed by atoms with van der Waals surface area (Å²) in [5.41, 5.74) is 16.2. The van der Waals surface area contributed by atoms with Crippen molar-refractivity contribution in [3.63, 3.8) is 0 Å². The van der Waals surface area contributed by atoms with Crippen LogP contribution in [0.25, 0.3) is 32.9 Å². The zero-order valence-electron chi connectivity index (χ0n) is 16.9. The first-order valence-electron chi connectivity index (χ1n) is 10.4. The van der Waals surface area contributed by atoms with Crippen molar-refractivity contribution < 1.29 is 0 Å². The molecule has 0 bridgehead atoms. The third-order valence-electron chi connectivity index (χ3n) is 6.15. The molecule has 0 saturated carbocycles. The molecule has 0 amide bonds. The monoisotopic (exact) mass is 416 g/mol. The van der Waals surface area contributed by atoms with Crippen LogP contribution in [0.1, 0.15) is 11.1 Å². The van der Waals surface area contributed by atoms with Crippen LogP contribution >= 0.6 is 7.92 Å². The third-order valence-corrected chi connectivity index (χ3v) is 8.71. The van der Waals surface area contributed by atoms with Crippen LogP contribution in [-0.4, -0.2) is 0 Å². The molecule has 0 saturated heterocycles. The van der Waals surface area contributed by atoms with Crippen LogP contribution in [0, 0.1) is 0 Å². The third kappa shape index (κ3) is 2.69. The van der Waals surface area contributed by atoms with Crippen LogP contribution in [0.3, 0.4) is 0 Å². The van der Waals surface area contributed by atoms with Gasteiger partial charge < -0.3 is 11.5 Å². The number of rotatable bonds is 3. The average molecular weight is 416 g/mol. The predicted molar refractivity (Wildman–Crippen MR) is 135 cm³/mol. The standard InChI is InChI=1S/C28H21N2P/c29-27-22-14-7-13-21-25(17-16-23(26(21)22)28(27)30)31(19-10-2-1-3-11-19)24-15-6-9-18-8-4-5-12-20(18)24/h1-17H,29-30H2. The summed E-state index contributed by atoms with van der Waals surface area (Å²) in [4.78, 5) is 0. The quantitative estimate of drug-likeness (QED) is 0.415. The SMILES string of the molecule is NC1=C(N)c2ccc(P(c3ccccc3)c3cccc4ccccc34)c3cccc1c23. The van der Waals surface area contributed by atoms with Crippen LogP contribution < -0.4 is 27.4 Å². The second-order valence-corrected chi connectivity index (χ2v) is 10.0. The molecule has 4 N–H and O–H groups in total. The Hall–Kier alpha value is -3.61. The molecule has 0 fully saturated rings. The van der Waals surface area contributed by atoms with Gasteiger partial charge in [0, 0.05) is 16.5 Å². The van der Waals surface area contributed by atoms with E-state index in [1.807, 2.05) is 0 Å². The van der Waals surface area contributed by atoms with Gasteiger partial charge in [-0.25, -0.2) is 0 Å². The fourth-order valence-electron chi connectivity index (χ4n) is 4.71. The van der Waals surface area contributed by atoms with E-state index in [1.165, 1.54) is 37.5 Å². The normalized spacial score (nSPS) is 13.8. The first-order chi connectivity index (χ1) is 15.2. The second kappa shape index (κ2) is 6.97. The molecule has 0 heterocycles. The van der Waals surface area contributed by atoms with Gasteiger partial charge in [0.1, 0.15) is 0 Å². The zero-order valence-corrected chi connectivity index (χ0v) is 17.8. The van der Waals surface area contributed by atoms with Crippen molar-refractivity contribution in [3.8, 4) is 0 Å². The van der Waals surface area contributed by atoms with Gasteiger partial charge in [0.2, 0.25) is 0 Å². The number of hydrogen-bond donors (Lipinski definition) is 2. The zero-order chi connectivity index (χ0) is 20.9. The van der Waals surface area contributed by atoms with Crippen molar-refractivity contribution in [3.05, 3.63) is 114 Å². The highest BCUT2D eigenvalue weighted by atomic mass is 31.1. The lowest BCUT2D eigenvalue weighted by atomic mass is 10.0. The maximum absolute atomic E-state index is 6.37. The fraction of sp³-hybridized carbons (Fsp3) is 0. The predicted octanol–water partition coefficient (Wildman–Crippen LogP) is 4.81. The van der Waals surface area contributed by atoms with Crippen molar-refractivity contribution in [1.29, 1.82) is 0 Å². The van der Waals surface area contributed by atoms with E-state index in [4.69, 9.17) is 11.5 Å². The molecule has 5 aromatic rings. The highest BCUT2D eigenvalue weighted by Gasteiger charge is 2.26. The summed E-state index contributed by atoms with van der Waals surface area (Å²) in [5.74, 6) is 0. The van der Waals surface area contributed by atoms with Crippen molar-refractivity contribution in [2.75, 3.05) is 0 Å². The molecule has 0 aliphatic heterocycles. The lowest BCUT2D eigenvalue weighted by Gasteiger charge is -2.23. The van der Waals surface area contributed by atoms with Gasteiger partial charge in [-0.3, -0.25) is 0 Å². The van der Waals surface area contributed by atoms with Gasteiger partial charge >= 0.3 is 0 Å². The molecular formula is C28H21N2P. The lowest BCUT2D eigenvalue weighted by molar-refractivity contribution is 1.54. The van der Waals surface area contributed by atoms with Crippen molar-refractivity contribution >= 4 is 56.8 Å². The molecule has 1 atom stereocenters. The highest BCUT2D eigenvalue weighted by Crippen LogP contribution is 2.43. The summed E-state index contributed by atoms with van der Waals surface area (Å²) in [6.45, 7) is 0. The molecular weight excluding hydrogens is 395 g/mol. The van der Waals surface area contributed by atoms with E-state index in [0.717, 1.165) is 11.1 Å². The van der Waals surface area contributed by atoms with E-state index in [9.17, 15) is 0 Å². The van der Waals surface area contributed by atoms with Gasteiger partial charge in [-0.15, -0.1) is 0 Å². The molecule has 31 heavy (non-hydrogen) atoms. The summed E-state index contributed by atoms with van der Waals surface area (Å²) in [6.07, 6.45) is 0. The van der Waals surface area contributed by atoms with Gasteiger partial charge in [-0.1, -0.05) is 103 Å². The Kier molecular flexibility index (Phi) is 4.09. The summed E-state index contributed by atoms with van der Waals surface area (Å²) in [7, 11) is -0.771. The second-order valence-electron chi connectivity index (χ2n) is 7.86. The minimum Gasteiger partial charge on any atom is -0.397 e. The Bertz CT molecular complexity index is 1480. The van der Waals surface area contributed by atoms with Crippen LogP contribution in [0.4, 0.5) is 0 Å². The minimum atomic E-state index is -0.771. The largest absolute Gasteiger partial charge is 0.397 e. The number of nitrogens with two attached hydrogens (primary N) is 2. The Morgan fingerprint density at radius 1 is 0.484 bits per heavy atom. The van der Waals surface area contributed by atoms with Crippen molar-refractivity contribution in [2.45, 2.75) is 0 Å². The molecule has 6 rings (SSSR count). The van der Waals surface area contributed by atoms with Gasteiger partial charge in [0.05, 0.1) is 11.4 Å². The maximum atomic E-state index is 6.37. The lowest BCUT2D eigenvalue weighted by Crippen LogP contribution is -2.22. The Labute approximate surface area is 182 Å². The van der Waals surface area contributed by atoms with E-state index in [1.54, 1.807) is 0 Å². The van der Waals surface area contributed by atoms with E-state index < -0.39 is 7.92 Å². The summed E-state index contributed by atoms with van der Waals surface area (Å²) in [5, 5.41) is 9.03. The van der Waals surface area contributed by atoms with Crippen LogP contribution in [0.2, 0.25) is 0 Å². The molecule has 2 nitrogen and oxygen atoms in total. The summed E-state index contributed by atoms with van der Waals surface area (Å²) < 4.78 is 0.